The van der Waals surface area contributed by atoms with Crippen LogP contribution in [0.2, 0.25) is 5.02 Å². The van der Waals surface area contributed by atoms with E-state index in [4.69, 9.17) is 21.1 Å². The zero-order valence-corrected chi connectivity index (χ0v) is 18.2. The minimum Gasteiger partial charge on any atom is -0.493 e. The maximum atomic E-state index is 12.4. The normalized spacial score (nSPS) is 15.9. The van der Waals surface area contributed by atoms with Crippen LogP contribution in [0.1, 0.15) is 11.1 Å². The summed E-state index contributed by atoms with van der Waals surface area (Å²) < 4.78 is 11.4. The number of ether oxygens (including phenoxy) is 2. The molecule has 3 aromatic rings. The van der Waals surface area contributed by atoms with Crippen molar-refractivity contribution in [3.05, 3.63) is 93.9 Å². The molecule has 0 radical (unpaired) electrons. The molecule has 0 saturated carbocycles. The Morgan fingerprint density at radius 1 is 1.03 bits per heavy atom. The standard InChI is InChI=1S/C24H19ClN2O3S/c1-29-20-11-10-17(12-21(20)30-15-16-6-3-2-4-7-16)13-22-23(28)27-24(31-22)26-19-9-5-8-18(25)14-19/h2-14H,15H2,1H3,(H,26,27,28)/b22-13+. The molecule has 31 heavy (non-hydrogen) atoms. The number of hydrogen-bond acceptors (Lipinski definition) is 5. The van der Waals surface area contributed by atoms with Crippen LogP contribution in [0.25, 0.3) is 6.08 Å². The van der Waals surface area contributed by atoms with Crippen LogP contribution < -0.4 is 14.8 Å². The molecule has 0 atom stereocenters. The molecule has 0 bridgehead atoms. The van der Waals surface area contributed by atoms with Crippen LogP contribution in [0.3, 0.4) is 0 Å². The molecule has 5 nitrogen and oxygen atoms in total. The fourth-order valence-corrected chi connectivity index (χ4v) is 3.95. The summed E-state index contributed by atoms with van der Waals surface area (Å²) in [5.41, 5.74) is 2.56. The minimum absolute atomic E-state index is 0.201. The Bertz CT molecular complexity index is 1160. The average molecular weight is 451 g/mol. The van der Waals surface area contributed by atoms with Gasteiger partial charge in [0.25, 0.3) is 5.91 Å². The van der Waals surface area contributed by atoms with E-state index in [9.17, 15) is 4.79 Å². The van der Waals surface area contributed by atoms with Gasteiger partial charge in [-0.3, -0.25) is 4.79 Å². The topological polar surface area (TPSA) is 59.9 Å². The number of halogens is 1. The molecule has 156 valence electrons. The molecule has 1 aliphatic rings. The maximum absolute atomic E-state index is 12.4. The number of carbonyl (C=O) groups is 1. The van der Waals surface area contributed by atoms with Crippen LogP contribution in [-0.2, 0) is 11.4 Å². The first kappa shape index (κ1) is 21.0. The smallest absolute Gasteiger partial charge is 0.264 e. The number of nitrogens with one attached hydrogen (secondary N) is 1. The monoisotopic (exact) mass is 450 g/mol. The average Bonchev–Trinajstić information content (AvgIpc) is 3.11. The van der Waals surface area contributed by atoms with Crippen molar-refractivity contribution in [2.45, 2.75) is 6.61 Å². The van der Waals surface area contributed by atoms with E-state index in [1.807, 2.05) is 60.7 Å². The summed E-state index contributed by atoms with van der Waals surface area (Å²) in [5.74, 6) is 1.04. The zero-order chi connectivity index (χ0) is 21.6. The number of thioether (sulfide) groups is 1. The van der Waals surface area contributed by atoms with Crippen molar-refractivity contribution in [3.63, 3.8) is 0 Å². The molecule has 1 fully saturated rings. The van der Waals surface area contributed by atoms with Crippen molar-refractivity contribution in [3.8, 4) is 11.5 Å². The lowest BCUT2D eigenvalue weighted by Gasteiger charge is -2.11. The van der Waals surface area contributed by atoms with Gasteiger partial charge in [-0.2, -0.15) is 0 Å². The van der Waals surface area contributed by atoms with Crippen LogP contribution in [-0.4, -0.2) is 18.2 Å². The van der Waals surface area contributed by atoms with Crippen molar-refractivity contribution < 1.29 is 14.3 Å². The van der Waals surface area contributed by atoms with E-state index < -0.39 is 0 Å². The van der Waals surface area contributed by atoms with Gasteiger partial charge in [-0.1, -0.05) is 54.1 Å². The van der Waals surface area contributed by atoms with Crippen molar-refractivity contribution >= 4 is 46.2 Å². The predicted octanol–water partition coefficient (Wildman–Crippen LogP) is 5.82. The second-order valence-corrected chi connectivity index (χ2v) is 8.11. The molecular weight excluding hydrogens is 432 g/mol. The van der Waals surface area contributed by atoms with E-state index in [0.29, 0.717) is 38.9 Å². The van der Waals surface area contributed by atoms with Gasteiger partial charge in [0, 0.05) is 5.02 Å². The van der Waals surface area contributed by atoms with Crippen molar-refractivity contribution in [2.24, 2.45) is 4.99 Å². The molecule has 1 N–H and O–H groups in total. The fraction of sp³-hybridized carbons (Fsp3) is 0.0833. The van der Waals surface area contributed by atoms with Crippen LogP contribution >= 0.6 is 23.4 Å². The van der Waals surface area contributed by atoms with Crippen LogP contribution in [0.15, 0.2) is 82.7 Å². The summed E-state index contributed by atoms with van der Waals surface area (Å²) in [4.78, 5) is 17.4. The molecule has 1 amide bonds. The van der Waals surface area contributed by atoms with Gasteiger partial charge in [-0.05, 0) is 59.3 Å². The molecule has 0 spiro atoms. The lowest BCUT2D eigenvalue weighted by Crippen LogP contribution is -2.19. The molecule has 3 aromatic carbocycles. The van der Waals surface area contributed by atoms with E-state index in [-0.39, 0.29) is 5.91 Å². The molecule has 7 heteroatoms. The van der Waals surface area contributed by atoms with Gasteiger partial charge < -0.3 is 14.8 Å². The molecule has 1 aliphatic heterocycles. The molecule has 0 aliphatic carbocycles. The quantitative estimate of drug-likeness (QED) is 0.481. The number of nitrogens with zero attached hydrogens (tertiary/aromatic N) is 1. The van der Waals surface area contributed by atoms with E-state index in [1.54, 1.807) is 25.3 Å². The highest BCUT2D eigenvalue weighted by Gasteiger charge is 2.24. The third-order valence-electron chi connectivity index (χ3n) is 4.41. The van der Waals surface area contributed by atoms with Gasteiger partial charge in [0.1, 0.15) is 6.61 Å². The second-order valence-electron chi connectivity index (χ2n) is 6.65. The Morgan fingerprint density at radius 3 is 2.65 bits per heavy atom. The Labute approximate surface area is 189 Å². The molecule has 0 unspecified atom stereocenters. The Balaban J connectivity index is 1.53. The first-order valence-corrected chi connectivity index (χ1v) is 10.7. The lowest BCUT2D eigenvalue weighted by atomic mass is 10.2. The van der Waals surface area contributed by atoms with Crippen molar-refractivity contribution in [1.82, 2.24) is 5.32 Å². The van der Waals surface area contributed by atoms with Gasteiger partial charge in [0.15, 0.2) is 16.7 Å². The van der Waals surface area contributed by atoms with Gasteiger partial charge >= 0.3 is 0 Å². The number of rotatable bonds is 6. The Hall–Kier alpha value is -3.22. The highest BCUT2D eigenvalue weighted by atomic mass is 35.5. The van der Waals surface area contributed by atoms with E-state index in [2.05, 4.69) is 10.3 Å². The zero-order valence-electron chi connectivity index (χ0n) is 16.7. The second kappa shape index (κ2) is 9.73. The number of methoxy groups -OCH3 is 1. The summed E-state index contributed by atoms with van der Waals surface area (Å²) >= 11 is 7.28. The minimum atomic E-state index is -0.201. The van der Waals surface area contributed by atoms with Gasteiger partial charge in [-0.25, -0.2) is 4.99 Å². The number of amides is 1. The molecule has 0 aromatic heterocycles. The highest BCUT2D eigenvalue weighted by molar-refractivity contribution is 8.18. The summed E-state index contributed by atoms with van der Waals surface area (Å²) in [6.07, 6.45) is 1.80. The first-order valence-electron chi connectivity index (χ1n) is 9.50. The molecule has 4 rings (SSSR count). The number of aliphatic imine (C=N–C) groups is 1. The van der Waals surface area contributed by atoms with Gasteiger partial charge in [0.2, 0.25) is 0 Å². The summed E-state index contributed by atoms with van der Waals surface area (Å²) in [6, 6.07) is 22.6. The first-order chi connectivity index (χ1) is 15.1. The van der Waals surface area contributed by atoms with E-state index in [0.717, 1.165) is 11.1 Å². The van der Waals surface area contributed by atoms with Crippen LogP contribution in [0.5, 0.6) is 11.5 Å². The number of amidine groups is 1. The molecule has 1 saturated heterocycles. The number of benzene rings is 3. The Morgan fingerprint density at radius 2 is 1.87 bits per heavy atom. The number of hydrogen-bond donors (Lipinski definition) is 1. The highest BCUT2D eigenvalue weighted by Crippen LogP contribution is 2.33. The Kier molecular flexibility index (Phi) is 6.60. The third kappa shape index (κ3) is 5.48. The molecule has 1 heterocycles. The summed E-state index contributed by atoms with van der Waals surface area (Å²) in [5, 5.41) is 3.88. The summed E-state index contributed by atoms with van der Waals surface area (Å²) in [6.45, 7) is 0.420. The third-order valence-corrected chi connectivity index (χ3v) is 5.56. The summed E-state index contributed by atoms with van der Waals surface area (Å²) in [7, 11) is 1.60. The van der Waals surface area contributed by atoms with Crippen LogP contribution in [0.4, 0.5) is 5.69 Å². The number of carbonyl (C=O) groups excluding carboxylic acids is 1. The largest absolute Gasteiger partial charge is 0.493 e. The van der Waals surface area contributed by atoms with Crippen LogP contribution in [0, 0.1) is 0 Å². The van der Waals surface area contributed by atoms with E-state index in [1.165, 1.54) is 11.8 Å². The molecular formula is C24H19ClN2O3S. The predicted molar refractivity (Wildman–Crippen MR) is 126 cm³/mol. The SMILES string of the molecule is COc1ccc(/C=C2/SC(=Nc3cccc(Cl)c3)NC2=O)cc1OCc1ccccc1. The van der Waals surface area contributed by atoms with Gasteiger partial charge in [0.05, 0.1) is 17.7 Å². The van der Waals surface area contributed by atoms with Gasteiger partial charge in [-0.15, -0.1) is 0 Å². The van der Waals surface area contributed by atoms with Crippen molar-refractivity contribution in [1.29, 1.82) is 0 Å². The fourth-order valence-electron chi connectivity index (χ4n) is 2.93. The lowest BCUT2D eigenvalue weighted by molar-refractivity contribution is -0.115. The maximum Gasteiger partial charge on any atom is 0.264 e. The van der Waals surface area contributed by atoms with E-state index >= 15 is 0 Å². The van der Waals surface area contributed by atoms with Crippen molar-refractivity contribution in [2.75, 3.05) is 7.11 Å².